The second-order valence-electron chi connectivity index (χ2n) is 7.16. The number of benzene rings is 1. The third-order valence-electron chi connectivity index (χ3n) is 4.60. The van der Waals surface area contributed by atoms with Gasteiger partial charge < -0.3 is 20.1 Å². The molecule has 0 radical (unpaired) electrons. The summed E-state index contributed by atoms with van der Waals surface area (Å²) in [6, 6.07) is 4.13. The van der Waals surface area contributed by atoms with Gasteiger partial charge in [0, 0.05) is 38.7 Å². The summed E-state index contributed by atoms with van der Waals surface area (Å²) >= 11 is 6.10. The molecular formula is C20H28ClN3O7S. The maximum atomic E-state index is 12.8. The van der Waals surface area contributed by atoms with Gasteiger partial charge in [-0.1, -0.05) is 18.0 Å². The van der Waals surface area contributed by atoms with E-state index in [1.165, 1.54) is 29.4 Å². The maximum Gasteiger partial charge on any atom is 0.306 e. The standard InChI is InChI=1S/C20H28ClN3O7S/c1-15(25)22-8-4-2-3-5-20(27)31-14-19(26)23-16-6-7-17(21)18(13-16)32(28,29)24-9-11-30-12-10-24/h6-7,13H,2-5,8-12,14H2,1H3,(H,22,25)(H,23,26). The van der Waals surface area contributed by atoms with Gasteiger partial charge in [-0.25, -0.2) is 8.42 Å². The van der Waals surface area contributed by atoms with Gasteiger partial charge in [0.05, 0.1) is 18.2 Å². The molecule has 1 aliphatic heterocycles. The molecule has 1 aromatic carbocycles. The normalized spacial score (nSPS) is 14.6. The Kier molecular flexibility index (Phi) is 10.4. The lowest BCUT2D eigenvalue weighted by Crippen LogP contribution is -2.40. The number of amides is 2. The Morgan fingerprint density at radius 3 is 2.56 bits per heavy atom. The number of sulfonamides is 1. The molecule has 178 valence electrons. The second-order valence-corrected chi connectivity index (χ2v) is 9.48. The van der Waals surface area contributed by atoms with Crippen LogP contribution >= 0.6 is 11.6 Å². The topological polar surface area (TPSA) is 131 Å². The van der Waals surface area contributed by atoms with Crippen LogP contribution in [-0.2, 0) is 33.9 Å². The highest BCUT2D eigenvalue weighted by atomic mass is 35.5. The number of ether oxygens (including phenoxy) is 2. The van der Waals surface area contributed by atoms with E-state index in [-0.39, 0.29) is 41.0 Å². The van der Waals surface area contributed by atoms with Gasteiger partial charge in [0.15, 0.2) is 6.61 Å². The van der Waals surface area contributed by atoms with Gasteiger partial charge in [0.1, 0.15) is 4.90 Å². The van der Waals surface area contributed by atoms with E-state index in [2.05, 4.69) is 10.6 Å². The first-order valence-electron chi connectivity index (χ1n) is 10.3. The minimum absolute atomic E-state index is 0.0411. The first-order valence-corrected chi connectivity index (χ1v) is 12.1. The number of carbonyl (C=O) groups excluding carboxylic acids is 3. The molecule has 0 saturated carbocycles. The van der Waals surface area contributed by atoms with Crippen molar-refractivity contribution in [3.05, 3.63) is 23.2 Å². The van der Waals surface area contributed by atoms with E-state index < -0.39 is 28.5 Å². The van der Waals surface area contributed by atoms with Gasteiger partial charge >= 0.3 is 5.97 Å². The van der Waals surface area contributed by atoms with Crippen molar-refractivity contribution in [3.8, 4) is 0 Å². The first-order chi connectivity index (χ1) is 15.2. The van der Waals surface area contributed by atoms with Crippen molar-refractivity contribution in [2.75, 3.05) is 44.8 Å². The highest BCUT2D eigenvalue weighted by molar-refractivity contribution is 7.89. The van der Waals surface area contributed by atoms with Crippen molar-refractivity contribution in [1.82, 2.24) is 9.62 Å². The van der Waals surface area contributed by atoms with Crippen molar-refractivity contribution >= 4 is 45.1 Å². The Morgan fingerprint density at radius 2 is 1.88 bits per heavy atom. The number of esters is 1. The van der Waals surface area contributed by atoms with Gasteiger partial charge in [0.25, 0.3) is 5.91 Å². The summed E-state index contributed by atoms with van der Waals surface area (Å²) in [6.45, 7) is 2.55. The molecule has 32 heavy (non-hydrogen) atoms. The number of rotatable bonds is 11. The van der Waals surface area contributed by atoms with Crippen LogP contribution in [0.2, 0.25) is 5.02 Å². The second kappa shape index (κ2) is 12.7. The molecule has 0 aromatic heterocycles. The maximum absolute atomic E-state index is 12.8. The van der Waals surface area contributed by atoms with Crippen LogP contribution in [-0.4, -0.2) is 70.0 Å². The number of nitrogens with one attached hydrogen (secondary N) is 2. The van der Waals surface area contributed by atoms with Gasteiger partial charge in [-0.15, -0.1) is 0 Å². The van der Waals surface area contributed by atoms with Crippen molar-refractivity contribution in [2.45, 2.75) is 37.5 Å². The minimum atomic E-state index is -3.84. The molecule has 1 fully saturated rings. The lowest BCUT2D eigenvalue weighted by atomic mass is 10.2. The average molecular weight is 490 g/mol. The Labute approximate surface area is 192 Å². The fraction of sp³-hybridized carbons (Fsp3) is 0.550. The minimum Gasteiger partial charge on any atom is -0.456 e. The van der Waals surface area contributed by atoms with Crippen LogP contribution in [0.5, 0.6) is 0 Å². The molecule has 12 heteroatoms. The largest absolute Gasteiger partial charge is 0.456 e. The Bertz CT molecular complexity index is 918. The van der Waals surface area contributed by atoms with Crippen LogP contribution in [0, 0.1) is 0 Å². The monoisotopic (exact) mass is 489 g/mol. The third-order valence-corrected chi connectivity index (χ3v) is 6.98. The molecule has 2 N–H and O–H groups in total. The number of anilines is 1. The van der Waals surface area contributed by atoms with E-state index in [4.69, 9.17) is 21.1 Å². The number of hydrogen-bond donors (Lipinski definition) is 2. The summed E-state index contributed by atoms with van der Waals surface area (Å²) in [5, 5.41) is 5.22. The molecule has 10 nitrogen and oxygen atoms in total. The summed E-state index contributed by atoms with van der Waals surface area (Å²) < 4.78 is 37.1. The van der Waals surface area contributed by atoms with Crippen LogP contribution in [0.3, 0.4) is 0 Å². The molecule has 2 amide bonds. The lowest BCUT2D eigenvalue weighted by Gasteiger charge is -2.26. The van der Waals surface area contributed by atoms with Crippen molar-refractivity contribution in [2.24, 2.45) is 0 Å². The van der Waals surface area contributed by atoms with E-state index in [9.17, 15) is 22.8 Å². The zero-order valence-electron chi connectivity index (χ0n) is 17.9. The highest BCUT2D eigenvalue weighted by Crippen LogP contribution is 2.28. The molecule has 0 unspecified atom stereocenters. The van der Waals surface area contributed by atoms with E-state index >= 15 is 0 Å². The van der Waals surface area contributed by atoms with Crippen molar-refractivity contribution < 1.29 is 32.3 Å². The average Bonchev–Trinajstić information content (AvgIpc) is 2.76. The Balaban J connectivity index is 1.81. The quantitative estimate of drug-likeness (QED) is 0.356. The van der Waals surface area contributed by atoms with Crippen LogP contribution < -0.4 is 10.6 Å². The van der Waals surface area contributed by atoms with E-state index in [1.807, 2.05) is 0 Å². The molecular weight excluding hydrogens is 462 g/mol. The third kappa shape index (κ3) is 8.38. The van der Waals surface area contributed by atoms with Gasteiger partial charge in [0.2, 0.25) is 15.9 Å². The zero-order valence-corrected chi connectivity index (χ0v) is 19.5. The fourth-order valence-electron chi connectivity index (χ4n) is 2.96. The molecule has 1 aliphatic rings. The molecule has 1 aromatic rings. The summed E-state index contributed by atoms with van der Waals surface area (Å²) in [5.41, 5.74) is 0.222. The van der Waals surface area contributed by atoms with Gasteiger partial charge in [-0.2, -0.15) is 4.31 Å². The smallest absolute Gasteiger partial charge is 0.306 e. The first kappa shape index (κ1) is 26.0. The summed E-state index contributed by atoms with van der Waals surface area (Å²) in [4.78, 5) is 34.5. The molecule has 0 bridgehead atoms. The number of morpholine rings is 1. The summed E-state index contributed by atoms with van der Waals surface area (Å²) in [5.74, 6) is -1.20. The predicted molar refractivity (Wildman–Crippen MR) is 118 cm³/mol. The molecule has 0 atom stereocenters. The predicted octanol–water partition coefficient (Wildman–Crippen LogP) is 1.54. The number of halogens is 1. The number of unbranched alkanes of at least 4 members (excludes halogenated alkanes) is 2. The van der Waals surface area contributed by atoms with E-state index in [1.54, 1.807) is 0 Å². The highest BCUT2D eigenvalue weighted by Gasteiger charge is 2.28. The van der Waals surface area contributed by atoms with Crippen LogP contribution in [0.25, 0.3) is 0 Å². The zero-order chi connectivity index (χ0) is 23.6. The summed E-state index contributed by atoms with van der Waals surface area (Å²) in [6.07, 6.45) is 2.24. The fourth-order valence-corrected chi connectivity index (χ4v) is 4.86. The van der Waals surface area contributed by atoms with E-state index in [0.29, 0.717) is 26.2 Å². The molecule has 2 rings (SSSR count). The number of nitrogens with zero attached hydrogens (tertiary/aromatic N) is 1. The number of carbonyl (C=O) groups is 3. The lowest BCUT2D eigenvalue weighted by molar-refractivity contribution is -0.147. The summed E-state index contributed by atoms with van der Waals surface area (Å²) in [7, 11) is -3.84. The molecule has 1 saturated heterocycles. The van der Waals surface area contributed by atoms with Gasteiger partial charge in [-0.05, 0) is 31.0 Å². The Morgan fingerprint density at radius 1 is 1.16 bits per heavy atom. The SMILES string of the molecule is CC(=O)NCCCCCC(=O)OCC(=O)Nc1ccc(Cl)c(S(=O)(=O)N2CCOCC2)c1. The van der Waals surface area contributed by atoms with E-state index in [0.717, 1.165) is 12.8 Å². The van der Waals surface area contributed by atoms with Crippen molar-refractivity contribution in [3.63, 3.8) is 0 Å². The molecule has 1 heterocycles. The molecule has 0 aliphatic carbocycles. The van der Waals surface area contributed by atoms with Crippen LogP contribution in [0.4, 0.5) is 5.69 Å². The van der Waals surface area contributed by atoms with Crippen LogP contribution in [0.1, 0.15) is 32.6 Å². The Hall–Kier alpha value is -2.21. The molecule has 0 spiro atoms. The number of hydrogen-bond acceptors (Lipinski definition) is 7. The van der Waals surface area contributed by atoms with Crippen molar-refractivity contribution in [1.29, 1.82) is 0 Å². The van der Waals surface area contributed by atoms with Gasteiger partial charge in [-0.3, -0.25) is 14.4 Å². The van der Waals surface area contributed by atoms with Crippen LogP contribution in [0.15, 0.2) is 23.1 Å².